The number of hydrogen-bond acceptors (Lipinski definition) is 3. The first kappa shape index (κ1) is 21.0. The van der Waals surface area contributed by atoms with E-state index in [2.05, 4.69) is 13.0 Å². The van der Waals surface area contributed by atoms with Gasteiger partial charge in [0.2, 0.25) is 0 Å². The highest BCUT2D eigenvalue weighted by Crippen LogP contribution is 2.11. The van der Waals surface area contributed by atoms with Crippen molar-refractivity contribution in [2.45, 2.75) is 58.3 Å². The third-order valence-electron chi connectivity index (χ3n) is 3.76. The zero-order chi connectivity index (χ0) is 18.0. The zero-order valence-electron chi connectivity index (χ0n) is 15.6. The SMILES string of the molecule is CC/C=C(\C=C/CC=N)OCCCCCCCCOc1ccccc1. The van der Waals surface area contributed by atoms with Crippen molar-refractivity contribution in [1.29, 1.82) is 5.41 Å². The summed E-state index contributed by atoms with van der Waals surface area (Å²) in [6.07, 6.45) is 16.2. The highest BCUT2D eigenvalue weighted by Gasteiger charge is 1.96. The molecular formula is C22H33NO2. The molecule has 0 amide bonds. The van der Waals surface area contributed by atoms with Gasteiger partial charge in [0.25, 0.3) is 0 Å². The summed E-state index contributed by atoms with van der Waals surface area (Å²) in [6, 6.07) is 10.0. The molecule has 138 valence electrons. The van der Waals surface area contributed by atoms with Crippen LogP contribution in [0.4, 0.5) is 0 Å². The second-order valence-corrected chi connectivity index (χ2v) is 5.99. The average Bonchev–Trinajstić information content (AvgIpc) is 2.64. The van der Waals surface area contributed by atoms with Crippen molar-refractivity contribution in [1.82, 2.24) is 0 Å². The molecular weight excluding hydrogens is 310 g/mol. The number of nitrogens with one attached hydrogen (secondary N) is 1. The summed E-state index contributed by atoms with van der Waals surface area (Å²) in [5, 5.41) is 7.02. The highest BCUT2D eigenvalue weighted by atomic mass is 16.5. The lowest BCUT2D eigenvalue weighted by Gasteiger charge is -2.07. The number of para-hydroxylation sites is 1. The molecule has 1 aromatic carbocycles. The Hall–Kier alpha value is -2.03. The van der Waals surface area contributed by atoms with Gasteiger partial charge in [-0.2, -0.15) is 0 Å². The van der Waals surface area contributed by atoms with E-state index in [1.807, 2.05) is 42.5 Å². The maximum absolute atomic E-state index is 7.02. The lowest BCUT2D eigenvalue weighted by atomic mass is 10.1. The van der Waals surface area contributed by atoms with E-state index >= 15 is 0 Å². The third-order valence-corrected chi connectivity index (χ3v) is 3.76. The van der Waals surface area contributed by atoms with Crippen molar-refractivity contribution in [3.8, 4) is 5.75 Å². The maximum Gasteiger partial charge on any atom is 0.119 e. The molecule has 0 aliphatic rings. The number of unbranched alkanes of at least 4 members (excludes halogenated alkanes) is 5. The Kier molecular flexibility index (Phi) is 13.0. The Morgan fingerprint density at radius 1 is 0.960 bits per heavy atom. The Morgan fingerprint density at radius 2 is 1.64 bits per heavy atom. The summed E-state index contributed by atoms with van der Waals surface area (Å²) < 4.78 is 11.5. The predicted molar refractivity (Wildman–Crippen MR) is 107 cm³/mol. The van der Waals surface area contributed by atoms with Crippen LogP contribution in [0.1, 0.15) is 58.3 Å². The predicted octanol–water partition coefficient (Wildman–Crippen LogP) is 6.31. The van der Waals surface area contributed by atoms with E-state index in [4.69, 9.17) is 14.9 Å². The molecule has 1 rings (SSSR count). The minimum Gasteiger partial charge on any atom is -0.494 e. The molecule has 0 bridgehead atoms. The molecule has 1 N–H and O–H groups in total. The molecule has 0 atom stereocenters. The van der Waals surface area contributed by atoms with Crippen molar-refractivity contribution in [2.75, 3.05) is 13.2 Å². The molecule has 0 spiro atoms. The van der Waals surface area contributed by atoms with Crippen LogP contribution in [-0.4, -0.2) is 19.4 Å². The van der Waals surface area contributed by atoms with Crippen molar-refractivity contribution >= 4 is 6.21 Å². The molecule has 0 saturated carbocycles. The molecule has 1 aromatic rings. The van der Waals surface area contributed by atoms with Crippen molar-refractivity contribution in [3.63, 3.8) is 0 Å². The average molecular weight is 344 g/mol. The smallest absolute Gasteiger partial charge is 0.119 e. The summed E-state index contributed by atoms with van der Waals surface area (Å²) in [4.78, 5) is 0. The maximum atomic E-state index is 7.02. The number of hydrogen-bond donors (Lipinski definition) is 1. The first-order valence-corrected chi connectivity index (χ1v) is 9.53. The molecule has 0 aromatic heterocycles. The van der Waals surface area contributed by atoms with Crippen LogP contribution in [0.25, 0.3) is 0 Å². The highest BCUT2D eigenvalue weighted by molar-refractivity contribution is 5.55. The summed E-state index contributed by atoms with van der Waals surface area (Å²) in [5.41, 5.74) is 0. The van der Waals surface area contributed by atoms with Gasteiger partial charge < -0.3 is 14.9 Å². The van der Waals surface area contributed by atoms with Crippen LogP contribution in [0.3, 0.4) is 0 Å². The molecule has 0 radical (unpaired) electrons. The fourth-order valence-corrected chi connectivity index (χ4v) is 2.44. The van der Waals surface area contributed by atoms with Gasteiger partial charge in [0, 0.05) is 6.42 Å². The minimum atomic E-state index is 0.665. The molecule has 0 heterocycles. The van der Waals surface area contributed by atoms with Crippen molar-refractivity contribution in [2.24, 2.45) is 0 Å². The van der Waals surface area contributed by atoms with Gasteiger partial charge in [-0.25, -0.2) is 0 Å². The van der Waals surface area contributed by atoms with Gasteiger partial charge >= 0.3 is 0 Å². The van der Waals surface area contributed by atoms with Gasteiger partial charge in [-0.1, -0.05) is 56.9 Å². The van der Waals surface area contributed by atoms with E-state index in [9.17, 15) is 0 Å². The van der Waals surface area contributed by atoms with Crippen LogP contribution in [0.5, 0.6) is 5.75 Å². The number of ether oxygens (including phenoxy) is 2. The Morgan fingerprint density at radius 3 is 2.32 bits per heavy atom. The summed E-state index contributed by atoms with van der Waals surface area (Å²) in [6.45, 7) is 3.69. The largest absolute Gasteiger partial charge is 0.494 e. The molecule has 0 saturated heterocycles. The van der Waals surface area contributed by atoms with Crippen LogP contribution >= 0.6 is 0 Å². The molecule has 0 aliphatic heterocycles. The van der Waals surface area contributed by atoms with Gasteiger partial charge in [-0.05, 0) is 49.8 Å². The monoisotopic (exact) mass is 343 g/mol. The molecule has 0 unspecified atom stereocenters. The van der Waals surface area contributed by atoms with Crippen LogP contribution < -0.4 is 4.74 Å². The first-order valence-electron chi connectivity index (χ1n) is 9.53. The first-order chi connectivity index (χ1) is 12.4. The van der Waals surface area contributed by atoms with Crippen LogP contribution in [0.15, 0.2) is 54.3 Å². The van der Waals surface area contributed by atoms with E-state index in [0.29, 0.717) is 6.42 Å². The normalized spacial score (nSPS) is 11.6. The van der Waals surface area contributed by atoms with Gasteiger partial charge in [0.05, 0.1) is 13.2 Å². The van der Waals surface area contributed by atoms with E-state index in [1.54, 1.807) is 0 Å². The molecule has 25 heavy (non-hydrogen) atoms. The van der Waals surface area contributed by atoms with E-state index in [0.717, 1.165) is 44.0 Å². The molecule has 0 aliphatic carbocycles. The van der Waals surface area contributed by atoms with Gasteiger partial charge in [0.1, 0.15) is 11.5 Å². The molecule has 3 nitrogen and oxygen atoms in total. The Labute approximate surface area is 153 Å². The molecule has 3 heteroatoms. The second-order valence-electron chi connectivity index (χ2n) is 5.99. The van der Waals surface area contributed by atoms with Crippen molar-refractivity contribution in [3.05, 3.63) is 54.3 Å². The van der Waals surface area contributed by atoms with Crippen molar-refractivity contribution < 1.29 is 9.47 Å². The Bertz CT molecular complexity index is 494. The third kappa shape index (κ3) is 12.0. The number of benzene rings is 1. The Balaban J connectivity index is 1.95. The fourth-order valence-electron chi connectivity index (χ4n) is 2.44. The topological polar surface area (TPSA) is 42.3 Å². The summed E-state index contributed by atoms with van der Waals surface area (Å²) in [5.74, 6) is 1.90. The minimum absolute atomic E-state index is 0.665. The second kappa shape index (κ2) is 15.5. The lowest BCUT2D eigenvalue weighted by Crippen LogP contribution is -1.97. The van der Waals surface area contributed by atoms with Gasteiger partial charge in [-0.3, -0.25) is 0 Å². The van der Waals surface area contributed by atoms with Gasteiger partial charge in [0.15, 0.2) is 0 Å². The zero-order valence-corrected chi connectivity index (χ0v) is 15.6. The molecule has 0 fully saturated rings. The van der Waals surface area contributed by atoms with Crippen LogP contribution in [0.2, 0.25) is 0 Å². The fraction of sp³-hybridized carbons (Fsp3) is 0.500. The van der Waals surface area contributed by atoms with Crippen LogP contribution in [0, 0.1) is 5.41 Å². The van der Waals surface area contributed by atoms with E-state index < -0.39 is 0 Å². The van der Waals surface area contributed by atoms with Crippen LogP contribution in [-0.2, 0) is 4.74 Å². The summed E-state index contributed by atoms with van der Waals surface area (Å²) in [7, 11) is 0. The van der Waals surface area contributed by atoms with E-state index in [1.165, 1.54) is 31.9 Å². The quantitative estimate of drug-likeness (QED) is 0.175. The number of allylic oxidation sites excluding steroid dienone is 3. The van der Waals surface area contributed by atoms with E-state index in [-0.39, 0.29) is 0 Å². The number of rotatable bonds is 15. The lowest BCUT2D eigenvalue weighted by molar-refractivity contribution is 0.215. The van der Waals surface area contributed by atoms with Gasteiger partial charge in [-0.15, -0.1) is 0 Å². The summed E-state index contributed by atoms with van der Waals surface area (Å²) >= 11 is 0. The standard InChI is InChI=1S/C22H33NO2/c1-2-14-21(17-10-11-18-23)24-19-12-5-3-4-6-13-20-25-22-15-8-7-9-16-22/h7-10,14-18,23H,2-6,11-13,19-20H2,1H3/b17-10-,21-14+,23-18?.